The minimum atomic E-state index is -0.343. The Kier molecular flexibility index (Phi) is 5.12. The van der Waals surface area contributed by atoms with E-state index in [9.17, 15) is 9.18 Å². The van der Waals surface area contributed by atoms with Gasteiger partial charge in [-0.15, -0.1) is 0 Å². The highest BCUT2D eigenvalue weighted by Crippen LogP contribution is 2.22. The number of benzene rings is 2. The third-order valence-corrected chi connectivity index (χ3v) is 5.00. The summed E-state index contributed by atoms with van der Waals surface area (Å²) in [4.78, 5) is 16.9. The molecule has 2 aromatic carbocycles. The van der Waals surface area contributed by atoms with E-state index in [1.165, 1.54) is 25.0 Å². The predicted octanol–water partition coefficient (Wildman–Crippen LogP) is 4.69. The van der Waals surface area contributed by atoms with Crippen molar-refractivity contribution in [2.75, 3.05) is 6.73 Å². The first kappa shape index (κ1) is 17.6. The van der Waals surface area contributed by atoms with E-state index in [2.05, 4.69) is 10.3 Å². The smallest absolute Gasteiger partial charge is 0.339 e. The quantitative estimate of drug-likeness (QED) is 0.527. The first-order valence-electron chi connectivity index (χ1n) is 9.26. The highest BCUT2D eigenvalue weighted by molar-refractivity contribution is 5.94. The van der Waals surface area contributed by atoms with Crippen molar-refractivity contribution in [3.63, 3.8) is 0 Å². The Morgan fingerprint density at radius 2 is 1.85 bits per heavy atom. The zero-order valence-electron chi connectivity index (χ0n) is 15.0. The Labute approximate surface area is 157 Å². The van der Waals surface area contributed by atoms with Crippen LogP contribution in [0.25, 0.3) is 22.2 Å². The molecule has 0 unspecified atom stereocenters. The average molecular weight is 364 g/mol. The zero-order chi connectivity index (χ0) is 18.6. The molecule has 1 aliphatic carbocycles. The van der Waals surface area contributed by atoms with Crippen molar-refractivity contribution >= 4 is 16.9 Å². The monoisotopic (exact) mass is 364 g/mol. The van der Waals surface area contributed by atoms with Crippen molar-refractivity contribution in [3.8, 4) is 11.3 Å². The van der Waals surface area contributed by atoms with Gasteiger partial charge in [-0.1, -0.05) is 18.9 Å². The second kappa shape index (κ2) is 7.84. The Balaban J connectivity index is 1.46. The molecule has 1 fully saturated rings. The van der Waals surface area contributed by atoms with Gasteiger partial charge in [0.15, 0.2) is 0 Å². The number of fused-ring (bicyclic) bond motifs is 1. The van der Waals surface area contributed by atoms with Gasteiger partial charge in [0.1, 0.15) is 12.5 Å². The van der Waals surface area contributed by atoms with Crippen LogP contribution in [-0.4, -0.2) is 23.7 Å². The number of hydrogen-bond donors (Lipinski definition) is 1. The summed E-state index contributed by atoms with van der Waals surface area (Å²) >= 11 is 0. The summed E-state index contributed by atoms with van der Waals surface area (Å²) in [5, 5.41) is 4.13. The number of rotatable bonds is 5. The van der Waals surface area contributed by atoms with E-state index in [1.54, 1.807) is 24.3 Å². The molecule has 0 spiro atoms. The summed E-state index contributed by atoms with van der Waals surface area (Å²) in [6, 6.07) is 15.8. The van der Waals surface area contributed by atoms with Crippen LogP contribution in [0.2, 0.25) is 0 Å². The lowest BCUT2D eigenvalue weighted by Gasteiger charge is -2.12. The average Bonchev–Trinajstić information content (AvgIpc) is 3.21. The molecule has 0 amide bonds. The Morgan fingerprint density at radius 3 is 2.63 bits per heavy atom. The van der Waals surface area contributed by atoms with Crippen LogP contribution in [0.15, 0.2) is 54.6 Å². The maximum absolute atomic E-state index is 13.1. The molecular formula is C22H21FN2O2. The zero-order valence-corrected chi connectivity index (χ0v) is 15.0. The number of carbonyl (C=O) groups excluding carboxylic acids is 1. The molecule has 1 aliphatic rings. The first-order valence-corrected chi connectivity index (χ1v) is 9.26. The van der Waals surface area contributed by atoms with E-state index in [0.717, 1.165) is 35.0 Å². The molecule has 1 saturated carbocycles. The number of pyridine rings is 1. The molecule has 0 radical (unpaired) electrons. The fraction of sp³-hybridized carbons (Fsp3) is 0.273. The number of carbonyl (C=O) groups is 1. The van der Waals surface area contributed by atoms with E-state index in [1.807, 2.05) is 18.2 Å². The van der Waals surface area contributed by atoms with Crippen molar-refractivity contribution in [2.45, 2.75) is 31.7 Å². The van der Waals surface area contributed by atoms with Gasteiger partial charge in [0.25, 0.3) is 0 Å². The van der Waals surface area contributed by atoms with Gasteiger partial charge in [-0.05, 0) is 61.4 Å². The van der Waals surface area contributed by atoms with Crippen LogP contribution in [0.5, 0.6) is 0 Å². The maximum atomic E-state index is 13.1. The molecule has 5 heteroatoms. The van der Waals surface area contributed by atoms with E-state index >= 15 is 0 Å². The molecule has 0 bridgehead atoms. The van der Waals surface area contributed by atoms with Gasteiger partial charge in [-0.2, -0.15) is 0 Å². The van der Waals surface area contributed by atoms with Crippen LogP contribution in [0.4, 0.5) is 4.39 Å². The molecular weight excluding hydrogens is 343 g/mol. The minimum absolute atomic E-state index is 0.239. The third kappa shape index (κ3) is 4.14. The molecule has 27 heavy (non-hydrogen) atoms. The van der Waals surface area contributed by atoms with Crippen LogP contribution < -0.4 is 5.32 Å². The lowest BCUT2D eigenvalue weighted by Crippen LogP contribution is -2.29. The van der Waals surface area contributed by atoms with Gasteiger partial charge in [0, 0.05) is 17.0 Å². The molecule has 1 N–H and O–H groups in total. The Hall–Kier alpha value is -2.79. The summed E-state index contributed by atoms with van der Waals surface area (Å²) in [6.45, 7) is 0.239. The second-order valence-corrected chi connectivity index (χ2v) is 6.87. The third-order valence-electron chi connectivity index (χ3n) is 5.00. The van der Waals surface area contributed by atoms with Crippen LogP contribution >= 0.6 is 0 Å². The fourth-order valence-electron chi connectivity index (χ4n) is 3.47. The first-order chi connectivity index (χ1) is 13.2. The van der Waals surface area contributed by atoms with Gasteiger partial charge in [-0.25, -0.2) is 14.2 Å². The van der Waals surface area contributed by atoms with Crippen molar-refractivity contribution in [2.24, 2.45) is 0 Å². The van der Waals surface area contributed by atoms with Gasteiger partial charge in [0.2, 0.25) is 0 Å². The molecule has 0 atom stereocenters. The molecule has 4 nitrogen and oxygen atoms in total. The van der Waals surface area contributed by atoms with Gasteiger partial charge in [0.05, 0.1) is 16.8 Å². The maximum Gasteiger partial charge on any atom is 0.339 e. The Morgan fingerprint density at radius 1 is 1.07 bits per heavy atom. The second-order valence-electron chi connectivity index (χ2n) is 6.87. The fourth-order valence-corrected chi connectivity index (χ4v) is 3.47. The molecule has 1 aromatic heterocycles. The molecule has 0 aliphatic heterocycles. The van der Waals surface area contributed by atoms with E-state index in [-0.39, 0.29) is 18.5 Å². The predicted molar refractivity (Wildman–Crippen MR) is 103 cm³/mol. The van der Waals surface area contributed by atoms with E-state index in [0.29, 0.717) is 11.6 Å². The minimum Gasteiger partial charge on any atom is -0.446 e. The number of hydrogen-bond acceptors (Lipinski definition) is 4. The van der Waals surface area contributed by atoms with Crippen LogP contribution in [0, 0.1) is 5.82 Å². The van der Waals surface area contributed by atoms with Crippen molar-refractivity contribution < 1.29 is 13.9 Å². The van der Waals surface area contributed by atoms with Crippen LogP contribution in [0.1, 0.15) is 36.0 Å². The number of nitrogens with zero attached hydrogens (tertiary/aromatic N) is 1. The number of halogens is 1. The summed E-state index contributed by atoms with van der Waals surface area (Å²) in [5.41, 5.74) is 2.89. The molecule has 1 heterocycles. The normalized spacial score (nSPS) is 14.6. The van der Waals surface area contributed by atoms with Gasteiger partial charge in [-0.3, -0.25) is 5.32 Å². The number of nitrogens with one attached hydrogen (secondary N) is 1. The molecule has 138 valence electrons. The van der Waals surface area contributed by atoms with Crippen molar-refractivity contribution in [1.29, 1.82) is 0 Å². The highest BCUT2D eigenvalue weighted by atomic mass is 19.1. The molecule has 0 saturated heterocycles. The topological polar surface area (TPSA) is 51.2 Å². The largest absolute Gasteiger partial charge is 0.446 e. The number of esters is 1. The lowest BCUT2D eigenvalue weighted by molar-refractivity contribution is 0.0458. The summed E-state index contributed by atoms with van der Waals surface area (Å²) in [7, 11) is 0. The summed E-state index contributed by atoms with van der Waals surface area (Å²) in [5.74, 6) is -0.616. The Bertz CT molecular complexity index is 950. The number of ether oxygens (including phenoxy) is 1. The SMILES string of the molecule is O=C(OCNC1CCCC1)c1ccc2nc(-c3ccc(F)cc3)ccc2c1. The molecule has 3 aromatic rings. The summed E-state index contributed by atoms with van der Waals surface area (Å²) < 4.78 is 18.4. The van der Waals surface area contributed by atoms with Crippen LogP contribution in [0.3, 0.4) is 0 Å². The van der Waals surface area contributed by atoms with Crippen molar-refractivity contribution in [1.82, 2.24) is 10.3 Å². The summed E-state index contributed by atoms with van der Waals surface area (Å²) in [6.07, 6.45) is 4.78. The van der Waals surface area contributed by atoms with E-state index in [4.69, 9.17) is 4.74 Å². The van der Waals surface area contributed by atoms with Gasteiger partial charge < -0.3 is 4.74 Å². The highest BCUT2D eigenvalue weighted by Gasteiger charge is 2.15. The lowest BCUT2D eigenvalue weighted by atomic mass is 10.1. The standard InChI is InChI=1S/C22H21FN2O2/c23-18-9-5-15(6-10-18)20-11-7-16-13-17(8-12-21(16)25-20)22(26)27-14-24-19-3-1-2-4-19/h5-13,19,24H,1-4,14H2. The number of aromatic nitrogens is 1. The molecule has 4 rings (SSSR count). The van der Waals surface area contributed by atoms with Gasteiger partial charge >= 0.3 is 5.97 Å². The van der Waals surface area contributed by atoms with Crippen LogP contribution in [-0.2, 0) is 4.74 Å². The van der Waals surface area contributed by atoms with E-state index < -0.39 is 0 Å². The van der Waals surface area contributed by atoms with Crippen molar-refractivity contribution in [3.05, 3.63) is 66.0 Å².